The molecule has 0 bridgehead atoms. The summed E-state index contributed by atoms with van der Waals surface area (Å²) in [5.74, 6) is -1.51. The summed E-state index contributed by atoms with van der Waals surface area (Å²) in [5, 5.41) is 19.3. The summed E-state index contributed by atoms with van der Waals surface area (Å²) in [6.07, 6.45) is 2.53. The number of hydrogen-bond donors (Lipinski definition) is 2. The molecule has 0 aromatic heterocycles. The topological polar surface area (TPSA) is 81.1 Å². The van der Waals surface area contributed by atoms with E-state index in [1.54, 1.807) is 47.4 Å². The van der Waals surface area contributed by atoms with E-state index in [1.807, 2.05) is 38.4 Å². The molecule has 0 aliphatic rings. The van der Waals surface area contributed by atoms with Crippen LogP contribution in [0.15, 0.2) is 103 Å². The summed E-state index contributed by atoms with van der Waals surface area (Å²) in [6.45, 7) is 0.263. The number of carboxylic acid groups (broad SMARTS) is 1. The number of hydrogen-bond acceptors (Lipinski definition) is 4. The lowest BCUT2D eigenvalue weighted by Gasteiger charge is -2.24. The summed E-state index contributed by atoms with van der Waals surface area (Å²) in [6, 6.07) is 29.8. The number of aromatic hydroxyl groups is 1. The summed E-state index contributed by atoms with van der Waals surface area (Å²) in [7, 11) is 4.01. The van der Waals surface area contributed by atoms with Crippen LogP contribution in [0, 0.1) is 0 Å². The highest BCUT2D eigenvalue weighted by atomic mass is 16.4. The van der Waals surface area contributed by atoms with Crippen molar-refractivity contribution in [2.75, 3.05) is 23.9 Å². The summed E-state index contributed by atoms with van der Waals surface area (Å²) in [5.41, 5.74) is 5.61. The Bertz CT molecular complexity index is 1420. The van der Waals surface area contributed by atoms with Crippen LogP contribution in [0.1, 0.15) is 21.5 Å². The molecule has 0 fully saturated rings. The van der Waals surface area contributed by atoms with Crippen molar-refractivity contribution in [1.29, 1.82) is 0 Å². The zero-order chi connectivity index (χ0) is 26.4. The second-order valence-corrected chi connectivity index (χ2v) is 8.81. The molecule has 6 heteroatoms. The lowest BCUT2D eigenvalue weighted by molar-refractivity contribution is -0.131. The monoisotopic (exact) mass is 492 g/mol. The number of phenols is 1. The molecule has 0 saturated carbocycles. The molecule has 4 rings (SSSR count). The molecule has 4 aromatic carbocycles. The van der Waals surface area contributed by atoms with Gasteiger partial charge in [-0.3, -0.25) is 4.79 Å². The normalized spacial score (nSPS) is 10.9. The van der Waals surface area contributed by atoms with Crippen molar-refractivity contribution in [1.82, 2.24) is 0 Å². The van der Waals surface area contributed by atoms with Gasteiger partial charge in [0.15, 0.2) is 0 Å². The number of para-hydroxylation sites is 1. The quantitative estimate of drug-likeness (QED) is 0.292. The van der Waals surface area contributed by atoms with Crippen molar-refractivity contribution >= 4 is 29.3 Å². The largest absolute Gasteiger partial charge is 0.507 e. The van der Waals surface area contributed by atoms with Crippen molar-refractivity contribution in [3.05, 3.63) is 120 Å². The highest BCUT2D eigenvalue weighted by molar-refractivity contribution is 6.07. The first-order valence-corrected chi connectivity index (χ1v) is 11.8. The van der Waals surface area contributed by atoms with Gasteiger partial charge in [-0.25, -0.2) is 4.79 Å². The van der Waals surface area contributed by atoms with E-state index >= 15 is 0 Å². The maximum absolute atomic E-state index is 13.6. The first kappa shape index (κ1) is 25.3. The van der Waals surface area contributed by atoms with E-state index in [2.05, 4.69) is 29.2 Å². The van der Waals surface area contributed by atoms with Gasteiger partial charge in [-0.2, -0.15) is 0 Å². The Morgan fingerprint density at radius 1 is 0.784 bits per heavy atom. The number of rotatable bonds is 8. The van der Waals surface area contributed by atoms with Crippen LogP contribution in [-0.2, 0) is 11.3 Å². The zero-order valence-electron chi connectivity index (χ0n) is 20.7. The van der Waals surface area contributed by atoms with Crippen LogP contribution >= 0.6 is 0 Å². The third kappa shape index (κ3) is 6.24. The number of amides is 1. The number of carbonyl (C=O) groups is 2. The van der Waals surface area contributed by atoms with Crippen molar-refractivity contribution in [3.63, 3.8) is 0 Å². The smallest absolute Gasteiger partial charge is 0.328 e. The average molecular weight is 493 g/mol. The number of phenolic OH excluding ortho intramolecular Hbond substituents is 1. The van der Waals surface area contributed by atoms with Gasteiger partial charge in [0.25, 0.3) is 5.91 Å². The molecule has 0 spiro atoms. The highest BCUT2D eigenvalue weighted by Gasteiger charge is 2.21. The predicted octanol–water partition coefficient (Wildman–Crippen LogP) is 6.07. The molecular formula is C31H28N2O4. The maximum atomic E-state index is 13.6. The maximum Gasteiger partial charge on any atom is 0.328 e. The van der Waals surface area contributed by atoms with Gasteiger partial charge in [0, 0.05) is 31.5 Å². The Morgan fingerprint density at radius 2 is 1.43 bits per heavy atom. The van der Waals surface area contributed by atoms with Gasteiger partial charge in [-0.15, -0.1) is 0 Å². The van der Waals surface area contributed by atoms with Gasteiger partial charge in [0.1, 0.15) is 5.75 Å². The Balaban J connectivity index is 1.65. The molecule has 186 valence electrons. The molecular weight excluding hydrogens is 464 g/mol. The minimum atomic E-state index is -1.05. The van der Waals surface area contributed by atoms with Gasteiger partial charge < -0.3 is 20.0 Å². The fourth-order valence-electron chi connectivity index (χ4n) is 3.98. The van der Waals surface area contributed by atoms with E-state index in [1.165, 1.54) is 12.1 Å². The van der Waals surface area contributed by atoms with Crippen LogP contribution in [0.4, 0.5) is 11.4 Å². The number of carbonyl (C=O) groups excluding carboxylic acids is 1. The number of aliphatic carboxylic acids is 1. The van der Waals surface area contributed by atoms with Crippen LogP contribution in [0.5, 0.6) is 5.75 Å². The molecule has 6 nitrogen and oxygen atoms in total. The molecule has 2 N–H and O–H groups in total. The first-order chi connectivity index (χ1) is 17.8. The number of carboxylic acids is 1. The Kier molecular flexibility index (Phi) is 7.69. The van der Waals surface area contributed by atoms with Gasteiger partial charge in [0.2, 0.25) is 0 Å². The lowest BCUT2D eigenvalue weighted by atomic mass is 10.0. The molecule has 0 heterocycles. The Hall–Kier alpha value is -4.84. The van der Waals surface area contributed by atoms with Crippen molar-refractivity contribution in [3.8, 4) is 16.9 Å². The van der Waals surface area contributed by atoms with Crippen molar-refractivity contribution in [2.24, 2.45) is 0 Å². The Morgan fingerprint density at radius 3 is 2.05 bits per heavy atom. The van der Waals surface area contributed by atoms with E-state index in [4.69, 9.17) is 5.11 Å². The van der Waals surface area contributed by atoms with Crippen LogP contribution in [-0.4, -0.2) is 36.2 Å². The molecule has 0 radical (unpaired) electrons. The second-order valence-electron chi connectivity index (χ2n) is 8.81. The van der Waals surface area contributed by atoms with E-state index in [0.717, 1.165) is 28.5 Å². The minimum absolute atomic E-state index is 0.101. The third-order valence-electron chi connectivity index (χ3n) is 5.99. The summed E-state index contributed by atoms with van der Waals surface area (Å²) < 4.78 is 0. The third-order valence-corrected chi connectivity index (χ3v) is 5.99. The number of nitrogens with zero attached hydrogens (tertiary/aromatic N) is 2. The molecule has 1 amide bonds. The highest BCUT2D eigenvalue weighted by Crippen LogP contribution is 2.27. The Labute approximate surface area is 216 Å². The van der Waals surface area contributed by atoms with Crippen molar-refractivity contribution in [2.45, 2.75) is 6.54 Å². The first-order valence-electron chi connectivity index (χ1n) is 11.8. The molecule has 0 atom stereocenters. The molecule has 0 aliphatic heterocycles. The summed E-state index contributed by atoms with van der Waals surface area (Å²) in [4.78, 5) is 28.2. The molecule has 0 aliphatic carbocycles. The van der Waals surface area contributed by atoms with Gasteiger partial charge in [-0.1, -0.05) is 60.7 Å². The van der Waals surface area contributed by atoms with Crippen LogP contribution in [0.3, 0.4) is 0 Å². The molecule has 37 heavy (non-hydrogen) atoms. The minimum Gasteiger partial charge on any atom is -0.507 e. The molecule has 0 unspecified atom stereocenters. The lowest BCUT2D eigenvalue weighted by Crippen LogP contribution is -2.30. The van der Waals surface area contributed by atoms with Gasteiger partial charge in [-0.05, 0) is 64.7 Å². The molecule has 4 aromatic rings. The number of benzene rings is 4. The van der Waals surface area contributed by atoms with Crippen LogP contribution < -0.4 is 9.80 Å². The van der Waals surface area contributed by atoms with Gasteiger partial charge >= 0.3 is 5.97 Å². The fourth-order valence-corrected chi connectivity index (χ4v) is 3.98. The van der Waals surface area contributed by atoms with E-state index in [-0.39, 0.29) is 23.8 Å². The van der Waals surface area contributed by atoms with Crippen molar-refractivity contribution < 1.29 is 19.8 Å². The van der Waals surface area contributed by atoms with E-state index in [9.17, 15) is 14.7 Å². The molecule has 0 saturated heterocycles. The fraction of sp³-hybridized carbons (Fsp3) is 0.0968. The SMILES string of the molecule is CN(C)c1ccc(-c2ccc(CN(C(=O)c3ccccc3O)c3cccc(C=CC(=O)O)c3)cc2)cc1. The number of anilines is 2. The standard InChI is InChI=1S/C31H28N2O4/c1-32(2)26-17-15-25(16-18-26)24-13-10-23(11-14-24)21-33(31(37)28-8-3-4-9-29(28)34)27-7-5-6-22(20-27)12-19-30(35)36/h3-20,34H,21H2,1-2H3,(H,35,36). The predicted molar refractivity (Wildman–Crippen MR) is 148 cm³/mol. The second kappa shape index (κ2) is 11.3. The zero-order valence-corrected chi connectivity index (χ0v) is 20.7. The van der Waals surface area contributed by atoms with Gasteiger partial charge in [0.05, 0.1) is 12.1 Å². The van der Waals surface area contributed by atoms with Crippen LogP contribution in [0.2, 0.25) is 0 Å². The van der Waals surface area contributed by atoms with E-state index in [0.29, 0.717) is 11.3 Å². The average Bonchev–Trinajstić information content (AvgIpc) is 2.91. The van der Waals surface area contributed by atoms with Crippen LogP contribution in [0.25, 0.3) is 17.2 Å². The summed E-state index contributed by atoms with van der Waals surface area (Å²) >= 11 is 0. The van der Waals surface area contributed by atoms with E-state index < -0.39 is 5.97 Å².